The van der Waals surface area contributed by atoms with Crippen molar-refractivity contribution in [3.63, 3.8) is 0 Å². The van der Waals surface area contributed by atoms with Gasteiger partial charge in [-0.1, -0.05) is 54.6 Å². The number of fused-ring (bicyclic) bond motifs is 2. The van der Waals surface area contributed by atoms with E-state index in [-0.39, 0.29) is 24.9 Å². The van der Waals surface area contributed by atoms with E-state index < -0.39 is 10.8 Å². The van der Waals surface area contributed by atoms with Gasteiger partial charge in [0, 0.05) is 17.7 Å². The summed E-state index contributed by atoms with van der Waals surface area (Å²) in [7, 11) is 0.00638. The van der Waals surface area contributed by atoms with Gasteiger partial charge in [0.1, 0.15) is 5.75 Å². The molecule has 37 heavy (non-hydrogen) atoms. The average molecular weight is 511 g/mol. The van der Waals surface area contributed by atoms with E-state index in [4.69, 9.17) is 4.74 Å². The van der Waals surface area contributed by atoms with E-state index in [1.54, 1.807) is 54.5 Å². The molecule has 1 unspecified atom stereocenters. The summed E-state index contributed by atoms with van der Waals surface area (Å²) in [5.41, 5.74) is 4.10. The number of methoxy groups -OCH3 is 1. The number of benzene rings is 4. The minimum Gasteiger partial charge on any atom is -0.496 e. The summed E-state index contributed by atoms with van der Waals surface area (Å²) >= 11 is 0. The van der Waals surface area contributed by atoms with Gasteiger partial charge in [-0.3, -0.25) is 9.59 Å². The number of nitrogens with zero attached hydrogens (tertiary/aromatic N) is 1. The second kappa shape index (κ2) is 10.4. The first kappa shape index (κ1) is 24.5. The molecule has 7 heteroatoms. The number of aryl methyl sites for hydroxylation is 1. The molecular weight excluding hydrogens is 484 g/mol. The smallest absolute Gasteiger partial charge is 0.259 e. The Morgan fingerprint density at radius 1 is 0.892 bits per heavy atom. The first-order valence-corrected chi connectivity index (χ1v) is 13.0. The Hall–Kier alpha value is -4.23. The molecule has 0 saturated carbocycles. The third-order valence-corrected chi connectivity index (χ3v) is 8.00. The first-order chi connectivity index (χ1) is 18.0. The van der Waals surface area contributed by atoms with Crippen molar-refractivity contribution in [3.05, 3.63) is 119 Å². The number of rotatable bonds is 6. The standard InChI is InChI=1S/C30H26N2O4S/c1-20-9-3-4-11-23(20)19-32-25-17-21(29(33)31-18-22-10-5-7-13-26(22)36-2)15-16-28(25)37(35)27-14-8-6-12-24(27)30(32)34/h3-17H,18-19H2,1-2H3,(H,31,33). The number of carbonyl (C=O) groups is 2. The molecule has 1 N–H and O–H groups in total. The van der Waals surface area contributed by atoms with Crippen molar-refractivity contribution in [2.75, 3.05) is 12.0 Å². The highest BCUT2D eigenvalue weighted by Gasteiger charge is 2.31. The van der Waals surface area contributed by atoms with E-state index in [9.17, 15) is 13.8 Å². The van der Waals surface area contributed by atoms with Crippen LogP contribution in [0.25, 0.3) is 0 Å². The van der Waals surface area contributed by atoms with Crippen molar-refractivity contribution in [1.29, 1.82) is 0 Å². The minimum atomic E-state index is -1.58. The van der Waals surface area contributed by atoms with Crippen LogP contribution in [0.5, 0.6) is 5.75 Å². The second-order valence-electron chi connectivity index (χ2n) is 8.76. The van der Waals surface area contributed by atoms with E-state index in [0.717, 1.165) is 16.7 Å². The van der Waals surface area contributed by atoms with Gasteiger partial charge in [0.2, 0.25) is 0 Å². The van der Waals surface area contributed by atoms with E-state index in [2.05, 4.69) is 5.32 Å². The Balaban J connectivity index is 1.54. The van der Waals surface area contributed by atoms with E-state index in [1.165, 1.54) is 0 Å². The van der Waals surface area contributed by atoms with Crippen LogP contribution >= 0.6 is 0 Å². The number of para-hydroxylation sites is 1. The van der Waals surface area contributed by atoms with Crippen molar-refractivity contribution in [3.8, 4) is 5.75 Å². The van der Waals surface area contributed by atoms with Crippen LogP contribution in [-0.2, 0) is 23.9 Å². The number of amides is 2. The van der Waals surface area contributed by atoms with Crippen molar-refractivity contribution < 1.29 is 18.5 Å². The number of carbonyl (C=O) groups excluding carboxylic acids is 2. The molecule has 0 aromatic heterocycles. The van der Waals surface area contributed by atoms with Crippen molar-refractivity contribution >= 4 is 28.3 Å². The fourth-order valence-corrected chi connectivity index (χ4v) is 5.79. The summed E-state index contributed by atoms with van der Waals surface area (Å²) in [5, 5.41) is 2.93. The van der Waals surface area contributed by atoms with Crippen LogP contribution in [0.15, 0.2) is 101 Å². The summed E-state index contributed by atoms with van der Waals surface area (Å²) in [6.07, 6.45) is 0. The number of hydrogen-bond donors (Lipinski definition) is 1. The predicted octanol–water partition coefficient (Wildman–Crippen LogP) is 5.26. The van der Waals surface area contributed by atoms with Crippen molar-refractivity contribution in [1.82, 2.24) is 5.32 Å². The molecule has 0 aliphatic carbocycles. The molecule has 1 atom stereocenters. The minimum absolute atomic E-state index is 0.252. The summed E-state index contributed by atoms with van der Waals surface area (Å²) in [6, 6.07) is 27.3. The zero-order valence-electron chi connectivity index (χ0n) is 20.6. The van der Waals surface area contributed by atoms with Crippen LogP contribution in [0.2, 0.25) is 0 Å². The van der Waals surface area contributed by atoms with Crippen LogP contribution in [0.3, 0.4) is 0 Å². The molecular formula is C30H26N2O4S. The highest BCUT2D eigenvalue weighted by Crippen LogP contribution is 2.36. The quantitative estimate of drug-likeness (QED) is 0.384. The van der Waals surface area contributed by atoms with Gasteiger partial charge in [-0.2, -0.15) is 0 Å². The van der Waals surface area contributed by atoms with Crippen LogP contribution in [0.1, 0.15) is 37.4 Å². The van der Waals surface area contributed by atoms with Gasteiger partial charge in [0.15, 0.2) is 0 Å². The Bertz CT molecular complexity index is 1530. The first-order valence-electron chi connectivity index (χ1n) is 11.9. The van der Waals surface area contributed by atoms with E-state index in [0.29, 0.717) is 32.4 Å². The molecule has 0 saturated heterocycles. The summed E-state index contributed by atoms with van der Waals surface area (Å²) < 4.78 is 19.0. The molecule has 5 rings (SSSR count). The number of nitrogens with one attached hydrogen (secondary N) is 1. The normalized spacial score (nSPS) is 14.4. The second-order valence-corrected chi connectivity index (χ2v) is 10.2. The number of ether oxygens (including phenoxy) is 1. The zero-order chi connectivity index (χ0) is 25.9. The molecule has 186 valence electrons. The maximum atomic E-state index is 13.8. The van der Waals surface area contributed by atoms with Crippen LogP contribution < -0.4 is 15.0 Å². The van der Waals surface area contributed by atoms with Gasteiger partial charge in [0.25, 0.3) is 11.8 Å². The van der Waals surface area contributed by atoms with Gasteiger partial charge < -0.3 is 15.0 Å². The van der Waals surface area contributed by atoms with E-state index >= 15 is 0 Å². The molecule has 4 aromatic rings. The summed E-state index contributed by atoms with van der Waals surface area (Å²) in [4.78, 5) is 29.5. The monoisotopic (exact) mass is 510 g/mol. The van der Waals surface area contributed by atoms with Gasteiger partial charge in [-0.05, 0) is 54.4 Å². The molecule has 1 aliphatic heterocycles. The molecule has 0 bridgehead atoms. The van der Waals surface area contributed by atoms with E-state index in [1.807, 2.05) is 55.5 Å². The Kier molecular flexibility index (Phi) is 6.88. The fourth-order valence-electron chi connectivity index (χ4n) is 4.45. The highest BCUT2D eigenvalue weighted by molar-refractivity contribution is 7.85. The van der Waals surface area contributed by atoms with Gasteiger partial charge in [0.05, 0.1) is 45.5 Å². The maximum Gasteiger partial charge on any atom is 0.259 e. The van der Waals surface area contributed by atoms with Gasteiger partial charge in [-0.15, -0.1) is 0 Å². The Morgan fingerprint density at radius 3 is 2.38 bits per heavy atom. The molecule has 1 heterocycles. The molecule has 0 spiro atoms. The third-order valence-electron chi connectivity index (χ3n) is 6.50. The summed E-state index contributed by atoms with van der Waals surface area (Å²) in [6.45, 7) is 2.56. The molecule has 4 aromatic carbocycles. The maximum absolute atomic E-state index is 13.8. The molecule has 1 aliphatic rings. The highest BCUT2D eigenvalue weighted by atomic mass is 32.2. The van der Waals surface area contributed by atoms with Crippen LogP contribution in [0, 0.1) is 6.92 Å². The molecule has 2 amide bonds. The Morgan fingerprint density at radius 2 is 1.59 bits per heavy atom. The fraction of sp³-hybridized carbons (Fsp3) is 0.133. The lowest BCUT2D eigenvalue weighted by molar-refractivity contribution is 0.0947. The average Bonchev–Trinajstić information content (AvgIpc) is 3.02. The van der Waals surface area contributed by atoms with Crippen LogP contribution in [0.4, 0.5) is 5.69 Å². The zero-order valence-corrected chi connectivity index (χ0v) is 21.4. The van der Waals surface area contributed by atoms with Crippen molar-refractivity contribution in [2.45, 2.75) is 29.8 Å². The van der Waals surface area contributed by atoms with Crippen LogP contribution in [-0.4, -0.2) is 23.1 Å². The topological polar surface area (TPSA) is 75.7 Å². The Labute approximate surface area is 218 Å². The lowest BCUT2D eigenvalue weighted by Gasteiger charge is -2.24. The lowest BCUT2D eigenvalue weighted by atomic mass is 10.1. The lowest BCUT2D eigenvalue weighted by Crippen LogP contribution is -2.31. The molecule has 0 fully saturated rings. The largest absolute Gasteiger partial charge is 0.496 e. The molecule has 0 radical (unpaired) electrons. The SMILES string of the molecule is COc1ccccc1CNC(=O)c1ccc2c(c1)N(Cc1ccccc1C)C(=O)c1ccccc1S2=O. The van der Waals surface area contributed by atoms with Gasteiger partial charge in [-0.25, -0.2) is 4.21 Å². The molecule has 6 nitrogen and oxygen atoms in total. The van der Waals surface area contributed by atoms with Crippen molar-refractivity contribution in [2.24, 2.45) is 0 Å². The predicted molar refractivity (Wildman–Crippen MR) is 143 cm³/mol. The summed E-state index contributed by atoms with van der Waals surface area (Å²) in [5.74, 6) is 0.134. The number of anilines is 1. The van der Waals surface area contributed by atoms with Gasteiger partial charge >= 0.3 is 0 Å². The number of hydrogen-bond acceptors (Lipinski definition) is 4. The third kappa shape index (κ3) is 4.78.